The summed E-state index contributed by atoms with van der Waals surface area (Å²) in [5, 5.41) is 17.6. The number of carbonyl (C=O) groups excluding carboxylic acids is 1. The lowest BCUT2D eigenvalue weighted by Crippen LogP contribution is -2.31. The molecule has 0 radical (unpaired) electrons. The summed E-state index contributed by atoms with van der Waals surface area (Å²) < 4.78 is 6.01. The van der Waals surface area contributed by atoms with Crippen LogP contribution < -0.4 is 0 Å². The fourth-order valence-electron chi connectivity index (χ4n) is 3.30. The van der Waals surface area contributed by atoms with Crippen molar-refractivity contribution in [2.45, 2.75) is 20.8 Å². The molecule has 0 aromatic rings. The molecule has 1 N–H and O–H groups in total. The molecule has 1 heterocycles. The van der Waals surface area contributed by atoms with Crippen LogP contribution in [-0.4, -0.2) is 78.6 Å². The molecule has 0 spiro atoms. The van der Waals surface area contributed by atoms with Gasteiger partial charge in [0.2, 0.25) is 0 Å². The van der Waals surface area contributed by atoms with Crippen LogP contribution in [0.15, 0.2) is 99.2 Å². The van der Waals surface area contributed by atoms with Gasteiger partial charge in [0.25, 0.3) is 0 Å². The maximum atomic E-state index is 11.5. The zero-order chi connectivity index (χ0) is 26.7. The van der Waals surface area contributed by atoms with E-state index in [1.165, 1.54) is 19.2 Å². The second-order valence-electron chi connectivity index (χ2n) is 8.13. The highest BCUT2D eigenvalue weighted by molar-refractivity contribution is 6.12. The molecule has 0 atom stereocenters. The summed E-state index contributed by atoms with van der Waals surface area (Å²) in [6.45, 7) is 15.2. The molecule has 0 saturated carbocycles. The average molecular weight is 490 g/mol. The summed E-state index contributed by atoms with van der Waals surface area (Å²) in [5.74, 6) is 0.597. The number of allylic oxidation sites excluding steroid dienone is 8. The zero-order valence-electron chi connectivity index (χ0n) is 21.7. The Morgan fingerprint density at radius 3 is 2.64 bits per heavy atom. The number of carbonyl (C=O) groups is 1. The number of hydrogen-bond donors (Lipinski definition) is 1. The Bertz CT molecular complexity index is 1130. The maximum absolute atomic E-state index is 11.5. The summed E-state index contributed by atoms with van der Waals surface area (Å²) in [4.78, 5) is 19.6. The highest BCUT2D eigenvalue weighted by atomic mass is 16.5. The molecule has 2 rings (SSSR count). The molecular weight excluding hydrogens is 454 g/mol. The van der Waals surface area contributed by atoms with Crippen molar-refractivity contribution in [3.8, 4) is 0 Å². The van der Waals surface area contributed by atoms with Crippen molar-refractivity contribution in [3.05, 3.63) is 84.1 Å². The Labute approximate surface area is 213 Å². The van der Waals surface area contributed by atoms with Gasteiger partial charge in [-0.25, -0.2) is 15.0 Å². The van der Waals surface area contributed by atoms with E-state index in [2.05, 4.69) is 45.2 Å². The molecule has 36 heavy (non-hydrogen) atoms. The van der Waals surface area contributed by atoms with Crippen LogP contribution in [0.2, 0.25) is 0 Å². The molecule has 0 aromatic carbocycles. The predicted octanol–water partition coefficient (Wildman–Crippen LogP) is 4.05. The van der Waals surface area contributed by atoms with Gasteiger partial charge in [-0.05, 0) is 62.3 Å². The van der Waals surface area contributed by atoms with E-state index in [0.29, 0.717) is 23.5 Å². The van der Waals surface area contributed by atoms with Crippen LogP contribution in [0.3, 0.4) is 0 Å². The minimum absolute atomic E-state index is 0.0537. The third-order valence-corrected chi connectivity index (χ3v) is 5.21. The van der Waals surface area contributed by atoms with Crippen LogP contribution in [0.4, 0.5) is 0 Å². The van der Waals surface area contributed by atoms with Crippen LogP contribution in [0.25, 0.3) is 0 Å². The molecule has 1 aliphatic carbocycles. The number of likely N-dealkylation sites (N-methyl/N-ethyl adjacent to an activating group) is 1. The lowest BCUT2D eigenvalue weighted by atomic mass is 9.99. The molecule has 0 saturated heterocycles. The van der Waals surface area contributed by atoms with Crippen LogP contribution in [0, 0.1) is 5.41 Å². The van der Waals surface area contributed by atoms with Crippen LogP contribution >= 0.6 is 0 Å². The second kappa shape index (κ2) is 13.7. The quantitative estimate of drug-likeness (QED) is 0.147. The van der Waals surface area contributed by atoms with Crippen molar-refractivity contribution in [2.75, 3.05) is 33.8 Å². The standard InChI is InChI=1S/C27H35N7O2/c1-8-33-17-25(16-32(33)7)34(12-11-23(5)35)31-22(4)18-36-26-9-10-27(29-6)24(14-26)13-20(2)21(3)15-30-19-28/h9-15,17,19,28H,2-3,8,16,18H2,1,4-7H3/b12-11-,24-13-,28-19?,29-27?,30-15?,31-22+. The van der Waals surface area contributed by atoms with E-state index in [9.17, 15) is 4.79 Å². The lowest BCUT2D eigenvalue weighted by molar-refractivity contribution is -0.112. The molecule has 190 valence electrons. The Morgan fingerprint density at radius 1 is 1.28 bits per heavy atom. The first-order chi connectivity index (χ1) is 17.2. The molecule has 0 fully saturated rings. The molecule has 0 aromatic heterocycles. The molecule has 0 amide bonds. The van der Waals surface area contributed by atoms with Gasteiger partial charge in [-0.1, -0.05) is 13.2 Å². The van der Waals surface area contributed by atoms with Crippen LogP contribution in [0.1, 0.15) is 20.8 Å². The molecule has 1 aliphatic heterocycles. The number of ether oxygens (including phenoxy) is 1. The van der Waals surface area contributed by atoms with E-state index in [1.807, 2.05) is 44.5 Å². The molecular formula is C27H35N7O2. The lowest BCUT2D eigenvalue weighted by Gasteiger charge is -2.22. The predicted molar refractivity (Wildman–Crippen MR) is 148 cm³/mol. The smallest absolute Gasteiger partial charge is 0.154 e. The highest BCUT2D eigenvalue weighted by Crippen LogP contribution is 2.20. The average Bonchev–Trinajstić information content (AvgIpc) is 3.24. The van der Waals surface area contributed by atoms with Gasteiger partial charge in [0.05, 0.1) is 23.7 Å². The Morgan fingerprint density at radius 2 is 2.03 bits per heavy atom. The van der Waals surface area contributed by atoms with Crippen molar-refractivity contribution >= 4 is 29.8 Å². The van der Waals surface area contributed by atoms with E-state index < -0.39 is 0 Å². The van der Waals surface area contributed by atoms with E-state index in [1.54, 1.807) is 18.3 Å². The van der Waals surface area contributed by atoms with Gasteiger partial charge in [0.15, 0.2) is 5.78 Å². The van der Waals surface area contributed by atoms with E-state index in [0.717, 1.165) is 35.6 Å². The van der Waals surface area contributed by atoms with Crippen molar-refractivity contribution < 1.29 is 9.53 Å². The largest absolute Gasteiger partial charge is 0.488 e. The molecule has 0 unspecified atom stereocenters. The van der Waals surface area contributed by atoms with E-state index in [-0.39, 0.29) is 12.4 Å². The van der Waals surface area contributed by atoms with Crippen molar-refractivity contribution in [3.63, 3.8) is 0 Å². The number of hydrazine groups is 1. The number of hydrazone groups is 1. The Balaban J connectivity index is 2.19. The fourth-order valence-corrected chi connectivity index (χ4v) is 3.30. The molecule has 0 bridgehead atoms. The third-order valence-electron chi connectivity index (χ3n) is 5.21. The van der Waals surface area contributed by atoms with Crippen molar-refractivity contribution in [2.24, 2.45) is 15.1 Å². The second-order valence-corrected chi connectivity index (χ2v) is 8.13. The van der Waals surface area contributed by atoms with E-state index in [4.69, 9.17) is 10.1 Å². The number of aliphatic imine (C=N–C) groups is 2. The van der Waals surface area contributed by atoms with Crippen molar-refractivity contribution in [1.29, 1.82) is 5.41 Å². The maximum Gasteiger partial charge on any atom is 0.154 e. The molecule has 9 heteroatoms. The summed E-state index contributed by atoms with van der Waals surface area (Å²) >= 11 is 0. The van der Waals surface area contributed by atoms with Gasteiger partial charge in [-0.15, -0.1) is 0 Å². The number of ketones is 1. The summed E-state index contributed by atoms with van der Waals surface area (Å²) in [6, 6.07) is 0. The minimum Gasteiger partial charge on any atom is -0.488 e. The van der Waals surface area contributed by atoms with Crippen LogP contribution in [-0.2, 0) is 9.53 Å². The first-order valence-corrected chi connectivity index (χ1v) is 11.5. The first-order valence-electron chi connectivity index (χ1n) is 11.5. The van der Waals surface area contributed by atoms with Gasteiger partial charge in [0.1, 0.15) is 18.7 Å². The normalized spacial score (nSPS) is 18.8. The summed E-state index contributed by atoms with van der Waals surface area (Å²) in [7, 11) is 3.72. The monoisotopic (exact) mass is 489 g/mol. The summed E-state index contributed by atoms with van der Waals surface area (Å²) in [6.07, 6.45) is 15.1. The van der Waals surface area contributed by atoms with Gasteiger partial charge in [-0.2, -0.15) is 5.10 Å². The third kappa shape index (κ3) is 8.28. The fraction of sp³-hybridized carbons (Fsp3) is 0.296. The Hall–Kier alpha value is -4.11. The number of nitrogens with one attached hydrogen (secondary N) is 1. The van der Waals surface area contributed by atoms with Gasteiger partial charge in [-0.3, -0.25) is 15.2 Å². The van der Waals surface area contributed by atoms with Gasteiger partial charge in [0, 0.05) is 44.8 Å². The zero-order valence-corrected chi connectivity index (χ0v) is 21.7. The van der Waals surface area contributed by atoms with Gasteiger partial charge < -0.3 is 9.75 Å². The SMILES string of the molecule is C=C(C=NC=N)C(=C)/C=C1/C=C(OC/C(C)=N/N(/C=C\C(C)=O)C2=CN(CC)N(C)C2)C=CC1=NC. The molecule has 9 nitrogen and oxygen atoms in total. The summed E-state index contributed by atoms with van der Waals surface area (Å²) in [5.41, 5.74) is 4.54. The number of nitrogens with zero attached hydrogens (tertiary/aromatic N) is 6. The minimum atomic E-state index is -0.0537. The number of rotatable bonds is 12. The van der Waals surface area contributed by atoms with E-state index >= 15 is 0 Å². The number of hydrogen-bond acceptors (Lipinski definition) is 8. The first kappa shape index (κ1) is 28.1. The molecule has 2 aliphatic rings. The van der Waals surface area contributed by atoms with Gasteiger partial charge >= 0.3 is 0 Å². The Kier molecular flexibility index (Phi) is 10.7. The highest BCUT2D eigenvalue weighted by Gasteiger charge is 2.21. The topological polar surface area (TPSA) is 96.9 Å². The van der Waals surface area contributed by atoms with Crippen molar-refractivity contribution in [1.82, 2.24) is 15.0 Å². The van der Waals surface area contributed by atoms with Crippen LogP contribution in [0.5, 0.6) is 0 Å².